The highest BCUT2D eigenvalue weighted by atomic mass is 16.6. The minimum Gasteiger partial charge on any atom is -0.526 e. The predicted octanol–water partition coefficient (Wildman–Crippen LogP) is 1.75. The minimum absolute atomic E-state index is 0.141. The van der Waals surface area contributed by atoms with E-state index in [1.54, 1.807) is 0 Å². The van der Waals surface area contributed by atoms with Crippen molar-refractivity contribution < 1.29 is 19.5 Å². The van der Waals surface area contributed by atoms with Crippen molar-refractivity contribution in [3.05, 3.63) is 59.7 Å². The van der Waals surface area contributed by atoms with Gasteiger partial charge in [-0.3, -0.25) is 0 Å². The summed E-state index contributed by atoms with van der Waals surface area (Å²) in [6.07, 6.45) is 1.28. The van der Waals surface area contributed by atoms with E-state index in [2.05, 4.69) is 0 Å². The Hall–Kier alpha value is -1.98. The van der Waals surface area contributed by atoms with E-state index in [-0.39, 0.29) is 13.2 Å². The van der Waals surface area contributed by atoms with Gasteiger partial charge in [0.1, 0.15) is 11.5 Å². The largest absolute Gasteiger partial charge is 0.658 e. The first-order valence-electron chi connectivity index (χ1n) is 6.86. The summed E-state index contributed by atoms with van der Waals surface area (Å²) in [5.74, 6) is 1.35. The molecule has 109 valence electrons. The van der Waals surface area contributed by atoms with E-state index in [4.69, 9.17) is 19.5 Å². The summed E-state index contributed by atoms with van der Waals surface area (Å²) in [7, 11) is 1.28. The number of aliphatic hydroxyl groups is 2. The van der Waals surface area contributed by atoms with Crippen molar-refractivity contribution in [1.29, 1.82) is 0 Å². The molecule has 0 unspecified atom stereocenters. The molecule has 5 heteroatoms. The van der Waals surface area contributed by atoms with E-state index in [0.717, 1.165) is 11.1 Å². The van der Waals surface area contributed by atoms with Crippen molar-refractivity contribution in [2.24, 2.45) is 0 Å². The van der Waals surface area contributed by atoms with Gasteiger partial charge < -0.3 is 19.5 Å². The SMILES string of the molecule is OCCc1ccc(O[B]Oc2ccc(CCO)cc2)cc1. The summed E-state index contributed by atoms with van der Waals surface area (Å²) in [4.78, 5) is 0. The van der Waals surface area contributed by atoms with Crippen LogP contribution in [0.25, 0.3) is 0 Å². The van der Waals surface area contributed by atoms with E-state index in [0.29, 0.717) is 24.3 Å². The van der Waals surface area contributed by atoms with E-state index < -0.39 is 0 Å². The maximum Gasteiger partial charge on any atom is 0.658 e. The molecule has 1 radical (unpaired) electrons. The minimum atomic E-state index is 0.141. The lowest BCUT2D eigenvalue weighted by molar-refractivity contribution is 0.299. The Morgan fingerprint density at radius 3 is 1.38 bits per heavy atom. The Balaban J connectivity index is 1.78. The summed E-state index contributed by atoms with van der Waals surface area (Å²) in [5, 5.41) is 17.7. The number of hydrogen-bond acceptors (Lipinski definition) is 4. The summed E-state index contributed by atoms with van der Waals surface area (Å²) in [5.41, 5.74) is 2.12. The highest BCUT2D eigenvalue weighted by Crippen LogP contribution is 2.14. The molecule has 0 heterocycles. The molecule has 0 saturated carbocycles. The summed E-state index contributed by atoms with van der Waals surface area (Å²) < 4.78 is 10.7. The molecule has 0 aliphatic heterocycles. The standard InChI is InChI=1S/C16H18BO4/c18-11-9-13-1-5-15(6-2-13)20-17-21-16-7-3-14(4-8-16)10-12-19/h1-8,18-19H,9-12H2. The fourth-order valence-electron chi connectivity index (χ4n) is 1.86. The number of benzene rings is 2. The van der Waals surface area contributed by atoms with Crippen LogP contribution < -0.4 is 9.31 Å². The lowest BCUT2D eigenvalue weighted by Gasteiger charge is -2.07. The molecule has 0 aliphatic rings. The van der Waals surface area contributed by atoms with Gasteiger partial charge in [-0.2, -0.15) is 0 Å². The first-order chi connectivity index (χ1) is 10.3. The molecule has 0 aliphatic carbocycles. The van der Waals surface area contributed by atoms with Gasteiger partial charge in [0.05, 0.1) is 0 Å². The van der Waals surface area contributed by atoms with Crippen LogP contribution in [-0.2, 0) is 12.8 Å². The molecule has 2 N–H and O–H groups in total. The van der Waals surface area contributed by atoms with E-state index >= 15 is 0 Å². The second-order valence-electron chi connectivity index (χ2n) is 4.57. The molecular weight excluding hydrogens is 267 g/mol. The molecule has 0 spiro atoms. The zero-order valence-electron chi connectivity index (χ0n) is 11.7. The van der Waals surface area contributed by atoms with Crippen LogP contribution in [0.4, 0.5) is 0 Å². The lowest BCUT2D eigenvalue weighted by atomic mass is 10.1. The van der Waals surface area contributed by atoms with Gasteiger partial charge in [-0.15, -0.1) is 0 Å². The summed E-state index contributed by atoms with van der Waals surface area (Å²) >= 11 is 0. The molecule has 2 rings (SSSR count). The Kier molecular flexibility index (Phi) is 6.12. The van der Waals surface area contributed by atoms with Crippen LogP contribution in [0.15, 0.2) is 48.5 Å². The summed E-state index contributed by atoms with van der Waals surface area (Å²) in [6.45, 7) is 0.281. The predicted molar refractivity (Wildman–Crippen MR) is 81.5 cm³/mol. The van der Waals surface area contributed by atoms with E-state index in [1.807, 2.05) is 48.5 Å². The average molecular weight is 285 g/mol. The van der Waals surface area contributed by atoms with Crippen LogP contribution in [-0.4, -0.2) is 31.1 Å². The van der Waals surface area contributed by atoms with Crippen LogP contribution in [0.3, 0.4) is 0 Å². The highest BCUT2D eigenvalue weighted by molar-refractivity contribution is 6.20. The van der Waals surface area contributed by atoms with Crippen molar-refractivity contribution in [2.45, 2.75) is 12.8 Å². The number of hydrogen-bond donors (Lipinski definition) is 2. The zero-order chi connectivity index (χ0) is 14.9. The second kappa shape index (κ2) is 8.34. The van der Waals surface area contributed by atoms with Gasteiger partial charge in [-0.25, -0.2) is 0 Å². The van der Waals surface area contributed by atoms with Crippen molar-refractivity contribution in [3.63, 3.8) is 0 Å². The molecule has 0 saturated heterocycles. The van der Waals surface area contributed by atoms with Crippen molar-refractivity contribution in [2.75, 3.05) is 13.2 Å². The van der Waals surface area contributed by atoms with Crippen molar-refractivity contribution in [3.8, 4) is 11.5 Å². The van der Waals surface area contributed by atoms with E-state index in [9.17, 15) is 0 Å². The van der Waals surface area contributed by atoms with Crippen molar-refractivity contribution >= 4 is 7.69 Å². The van der Waals surface area contributed by atoms with Gasteiger partial charge in [0.25, 0.3) is 0 Å². The topological polar surface area (TPSA) is 58.9 Å². The number of aliphatic hydroxyl groups excluding tert-OH is 2. The average Bonchev–Trinajstić information content (AvgIpc) is 2.51. The smallest absolute Gasteiger partial charge is 0.526 e. The first kappa shape index (κ1) is 15.4. The molecule has 0 atom stereocenters. The monoisotopic (exact) mass is 285 g/mol. The highest BCUT2D eigenvalue weighted by Gasteiger charge is 2.02. The third kappa shape index (κ3) is 5.13. The normalized spacial score (nSPS) is 10.2. The van der Waals surface area contributed by atoms with Crippen LogP contribution in [0.2, 0.25) is 0 Å². The molecule has 2 aromatic carbocycles. The van der Waals surface area contributed by atoms with Crippen molar-refractivity contribution in [1.82, 2.24) is 0 Å². The van der Waals surface area contributed by atoms with Gasteiger partial charge in [0.15, 0.2) is 0 Å². The molecule has 0 fully saturated rings. The van der Waals surface area contributed by atoms with Gasteiger partial charge in [-0.05, 0) is 48.2 Å². The molecule has 0 bridgehead atoms. The molecule has 21 heavy (non-hydrogen) atoms. The van der Waals surface area contributed by atoms with Gasteiger partial charge in [0, 0.05) is 13.2 Å². The van der Waals surface area contributed by atoms with Crippen LogP contribution in [0, 0.1) is 0 Å². The quantitative estimate of drug-likeness (QED) is 0.725. The second-order valence-corrected chi connectivity index (χ2v) is 4.57. The van der Waals surface area contributed by atoms with Gasteiger partial charge in [0.2, 0.25) is 0 Å². The number of rotatable bonds is 8. The molecule has 4 nitrogen and oxygen atoms in total. The molecular formula is C16H18BO4. The van der Waals surface area contributed by atoms with Crippen LogP contribution in [0.1, 0.15) is 11.1 Å². The first-order valence-corrected chi connectivity index (χ1v) is 6.86. The fraction of sp³-hybridized carbons (Fsp3) is 0.250. The van der Waals surface area contributed by atoms with Crippen LogP contribution in [0.5, 0.6) is 11.5 Å². The molecule has 0 amide bonds. The Labute approximate surface area is 125 Å². The van der Waals surface area contributed by atoms with Gasteiger partial charge >= 0.3 is 7.69 Å². The zero-order valence-corrected chi connectivity index (χ0v) is 11.7. The Morgan fingerprint density at radius 2 is 1.05 bits per heavy atom. The molecule has 0 aromatic heterocycles. The third-order valence-corrected chi connectivity index (χ3v) is 3.02. The maximum atomic E-state index is 8.84. The third-order valence-electron chi connectivity index (χ3n) is 3.02. The molecule has 2 aromatic rings. The Bertz CT molecular complexity index is 475. The van der Waals surface area contributed by atoms with Crippen LogP contribution >= 0.6 is 0 Å². The Morgan fingerprint density at radius 1 is 0.667 bits per heavy atom. The lowest BCUT2D eigenvalue weighted by Crippen LogP contribution is -2.10. The fourth-order valence-corrected chi connectivity index (χ4v) is 1.86. The van der Waals surface area contributed by atoms with Gasteiger partial charge in [-0.1, -0.05) is 24.3 Å². The summed E-state index contributed by atoms with van der Waals surface area (Å²) in [6, 6.07) is 14.9. The van der Waals surface area contributed by atoms with E-state index in [1.165, 1.54) is 7.69 Å². The maximum absolute atomic E-state index is 8.84.